The topological polar surface area (TPSA) is 119 Å². The molecular weight excluding hydrogens is 472 g/mol. The lowest BCUT2D eigenvalue weighted by molar-refractivity contribution is -0.385. The molecule has 0 aliphatic heterocycles. The van der Waals surface area contributed by atoms with E-state index in [1.54, 1.807) is 12.1 Å². The summed E-state index contributed by atoms with van der Waals surface area (Å²) in [6.45, 7) is 3.87. The van der Waals surface area contributed by atoms with Crippen LogP contribution < -0.4 is 4.90 Å². The lowest BCUT2D eigenvalue weighted by Crippen LogP contribution is -2.37. The zero-order valence-electron chi connectivity index (χ0n) is 20.1. The lowest BCUT2D eigenvalue weighted by Gasteiger charge is -2.25. The highest BCUT2D eigenvalue weighted by atomic mass is 16.6. The van der Waals surface area contributed by atoms with Crippen LogP contribution in [0.15, 0.2) is 102 Å². The fourth-order valence-electron chi connectivity index (χ4n) is 3.60. The van der Waals surface area contributed by atoms with Crippen molar-refractivity contribution in [3.8, 4) is 0 Å². The first kappa shape index (κ1) is 24.9. The fourth-order valence-corrected chi connectivity index (χ4v) is 3.60. The summed E-state index contributed by atoms with van der Waals surface area (Å²) in [4.78, 5) is 41.4. The lowest BCUT2D eigenvalue weighted by atomic mass is 10.1. The number of carbonyl (C=O) groups excluding carboxylic acids is 1. The molecule has 4 aromatic carbocycles. The highest BCUT2D eigenvalue weighted by molar-refractivity contribution is 6.28. The molecule has 0 radical (unpaired) electrons. The first-order valence-electron chi connectivity index (χ1n) is 11.3. The van der Waals surface area contributed by atoms with Crippen molar-refractivity contribution >= 4 is 34.5 Å². The van der Waals surface area contributed by atoms with E-state index in [-0.39, 0.29) is 22.8 Å². The van der Waals surface area contributed by atoms with Gasteiger partial charge in [-0.05, 0) is 62.4 Å². The smallest absolute Gasteiger partial charge is 0.268 e. The van der Waals surface area contributed by atoms with Gasteiger partial charge in [-0.1, -0.05) is 35.4 Å². The van der Waals surface area contributed by atoms with Gasteiger partial charge in [0.15, 0.2) is 0 Å². The second kappa shape index (κ2) is 10.6. The Bertz CT molecular complexity index is 1480. The summed E-state index contributed by atoms with van der Waals surface area (Å²) >= 11 is 0. The van der Waals surface area contributed by atoms with Gasteiger partial charge < -0.3 is 0 Å². The third-order valence-electron chi connectivity index (χ3n) is 5.64. The van der Waals surface area contributed by atoms with Gasteiger partial charge in [-0.25, -0.2) is 4.99 Å². The van der Waals surface area contributed by atoms with E-state index in [9.17, 15) is 25.0 Å². The van der Waals surface area contributed by atoms with Crippen LogP contribution in [0.25, 0.3) is 0 Å². The van der Waals surface area contributed by atoms with Gasteiger partial charge in [0.25, 0.3) is 17.3 Å². The Balaban J connectivity index is 1.91. The number of nitrogens with zero attached hydrogens (tertiary/aromatic N) is 4. The Morgan fingerprint density at radius 2 is 1.08 bits per heavy atom. The molecule has 9 nitrogen and oxygen atoms in total. The average Bonchev–Trinajstić information content (AvgIpc) is 2.90. The van der Waals surface area contributed by atoms with Crippen LogP contribution in [0.5, 0.6) is 0 Å². The minimum atomic E-state index is -0.535. The Labute approximate surface area is 212 Å². The Morgan fingerprint density at radius 1 is 0.649 bits per heavy atom. The average molecular weight is 495 g/mol. The Morgan fingerprint density at radius 3 is 1.54 bits per heavy atom. The molecule has 0 spiro atoms. The second-order valence-electron chi connectivity index (χ2n) is 8.36. The number of carbonyl (C=O) groups is 1. The third-order valence-corrected chi connectivity index (χ3v) is 5.64. The summed E-state index contributed by atoms with van der Waals surface area (Å²) < 4.78 is 0. The van der Waals surface area contributed by atoms with Gasteiger partial charge in [0.1, 0.15) is 5.84 Å². The molecule has 0 aliphatic rings. The van der Waals surface area contributed by atoms with E-state index in [2.05, 4.69) is 0 Å². The van der Waals surface area contributed by atoms with Crippen molar-refractivity contribution < 1.29 is 14.6 Å². The molecule has 0 saturated carbocycles. The number of hydrogen-bond acceptors (Lipinski definition) is 6. The first-order chi connectivity index (χ1) is 17.7. The van der Waals surface area contributed by atoms with E-state index in [0.717, 1.165) is 11.1 Å². The zero-order valence-corrected chi connectivity index (χ0v) is 20.1. The molecule has 0 unspecified atom stereocenters. The van der Waals surface area contributed by atoms with E-state index in [4.69, 9.17) is 4.99 Å². The van der Waals surface area contributed by atoms with Crippen LogP contribution in [0.4, 0.5) is 22.7 Å². The molecule has 4 rings (SSSR count). The van der Waals surface area contributed by atoms with Crippen molar-refractivity contribution in [1.29, 1.82) is 0 Å². The number of benzene rings is 4. The summed E-state index contributed by atoms with van der Waals surface area (Å²) in [6, 6.07) is 25.7. The van der Waals surface area contributed by atoms with E-state index < -0.39 is 15.8 Å². The van der Waals surface area contributed by atoms with Gasteiger partial charge in [0, 0.05) is 35.4 Å². The number of nitro benzene ring substituents is 2. The summed E-state index contributed by atoms with van der Waals surface area (Å²) in [6.07, 6.45) is 0. The van der Waals surface area contributed by atoms with Gasteiger partial charge in [-0.3, -0.25) is 29.9 Å². The number of rotatable bonds is 6. The van der Waals surface area contributed by atoms with Crippen molar-refractivity contribution in [2.24, 2.45) is 4.99 Å². The molecule has 0 aromatic heterocycles. The maximum atomic E-state index is 13.9. The summed E-state index contributed by atoms with van der Waals surface area (Å²) in [7, 11) is 0. The van der Waals surface area contributed by atoms with Crippen LogP contribution in [-0.4, -0.2) is 21.6 Å². The highest BCUT2D eigenvalue weighted by Gasteiger charge is 2.26. The number of aryl methyl sites for hydroxylation is 2. The van der Waals surface area contributed by atoms with E-state index in [0.29, 0.717) is 16.9 Å². The van der Waals surface area contributed by atoms with Crippen molar-refractivity contribution in [2.75, 3.05) is 4.90 Å². The SMILES string of the molecule is Cc1ccc(N=C(c2ccc([N+](=O)[O-])cc2)N(C(=O)c2ccc([N+](=O)[O-])cc2)c2ccc(C)cc2)cc1. The largest absolute Gasteiger partial charge is 0.269 e. The zero-order chi connectivity index (χ0) is 26.5. The molecule has 0 aliphatic carbocycles. The van der Waals surface area contributed by atoms with Crippen LogP contribution in [0.3, 0.4) is 0 Å². The predicted molar refractivity (Wildman–Crippen MR) is 142 cm³/mol. The number of non-ortho nitro benzene ring substituents is 2. The van der Waals surface area contributed by atoms with Crippen LogP contribution in [0.2, 0.25) is 0 Å². The van der Waals surface area contributed by atoms with Gasteiger partial charge in [0.05, 0.1) is 21.2 Å². The molecular formula is C28H22N4O5. The number of nitro groups is 2. The molecule has 184 valence electrons. The number of amides is 1. The van der Waals surface area contributed by atoms with Crippen molar-refractivity contribution in [1.82, 2.24) is 0 Å². The minimum Gasteiger partial charge on any atom is -0.268 e. The summed E-state index contributed by atoms with van der Waals surface area (Å²) in [5, 5.41) is 22.3. The normalized spacial score (nSPS) is 11.1. The highest BCUT2D eigenvalue weighted by Crippen LogP contribution is 2.26. The first-order valence-corrected chi connectivity index (χ1v) is 11.3. The number of hydrogen-bond donors (Lipinski definition) is 0. The molecule has 4 aromatic rings. The van der Waals surface area contributed by atoms with Crippen molar-refractivity contribution in [3.05, 3.63) is 140 Å². The van der Waals surface area contributed by atoms with Crippen LogP contribution in [0.1, 0.15) is 27.0 Å². The molecule has 0 atom stereocenters. The molecule has 0 bridgehead atoms. The minimum absolute atomic E-state index is 0.0954. The van der Waals surface area contributed by atoms with Gasteiger partial charge in [-0.2, -0.15) is 0 Å². The van der Waals surface area contributed by atoms with Crippen molar-refractivity contribution in [2.45, 2.75) is 13.8 Å². The third kappa shape index (κ3) is 5.73. The van der Waals surface area contributed by atoms with Crippen LogP contribution in [-0.2, 0) is 0 Å². The maximum absolute atomic E-state index is 13.9. The van der Waals surface area contributed by atoms with Crippen molar-refractivity contribution in [3.63, 3.8) is 0 Å². The summed E-state index contributed by atoms with van der Waals surface area (Å²) in [5.41, 5.74) is 3.56. The fraction of sp³-hybridized carbons (Fsp3) is 0.0714. The molecule has 0 heterocycles. The van der Waals surface area contributed by atoms with E-state index >= 15 is 0 Å². The van der Waals surface area contributed by atoms with Gasteiger partial charge in [0.2, 0.25) is 0 Å². The molecule has 0 saturated heterocycles. The quantitative estimate of drug-likeness (QED) is 0.130. The second-order valence-corrected chi connectivity index (χ2v) is 8.36. The van der Waals surface area contributed by atoms with E-state index in [1.807, 2.05) is 50.2 Å². The molecule has 0 N–H and O–H groups in total. The summed E-state index contributed by atoms with van der Waals surface area (Å²) in [5.74, 6) is -0.228. The predicted octanol–water partition coefficient (Wildman–Crippen LogP) is 6.55. The monoisotopic (exact) mass is 494 g/mol. The number of amidine groups is 1. The Kier molecular flexibility index (Phi) is 7.15. The van der Waals surface area contributed by atoms with Gasteiger partial charge in [-0.15, -0.1) is 0 Å². The number of anilines is 1. The standard InChI is InChI=1S/C28H22N4O5/c1-19-3-11-23(12-4-19)29-27(21-7-15-25(16-8-21)31(34)35)30(24-13-5-20(2)6-14-24)28(33)22-9-17-26(18-10-22)32(36)37/h3-18H,1-2H3. The van der Waals surface area contributed by atoms with Crippen LogP contribution in [0, 0.1) is 34.1 Å². The molecule has 9 heteroatoms. The number of aliphatic imine (C=N–C) groups is 1. The van der Waals surface area contributed by atoms with Gasteiger partial charge >= 0.3 is 0 Å². The van der Waals surface area contributed by atoms with E-state index in [1.165, 1.54) is 53.4 Å². The maximum Gasteiger partial charge on any atom is 0.269 e. The molecule has 37 heavy (non-hydrogen) atoms. The molecule has 0 fully saturated rings. The molecule has 1 amide bonds. The Hall–Kier alpha value is -5.18. The van der Waals surface area contributed by atoms with Crippen LogP contribution >= 0.6 is 0 Å².